The lowest BCUT2D eigenvalue weighted by Gasteiger charge is -2.14. The molecule has 1 aromatic carbocycles. The minimum absolute atomic E-state index is 0.00333. The van der Waals surface area contributed by atoms with Gasteiger partial charge in [0.1, 0.15) is 12.1 Å². The number of nitrogens with zero attached hydrogens (tertiary/aromatic N) is 2. The van der Waals surface area contributed by atoms with Crippen molar-refractivity contribution in [2.45, 2.75) is 33.3 Å². The quantitative estimate of drug-likeness (QED) is 0.738. The standard InChI is InChI=1S/C15H15Cl3N2O/c1-4-12-14(18)15(20-7-19-12)9-5-13(21-8(2)3)11(17)6-10(9)16/h5-8H,4H2,1-3H3. The largest absolute Gasteiger partial charge is 0.489 e. The number of halogens is 3. The number of rotatable bonds is 4. The molecule has 2 rings (SSSR count). The molecule has 0 fully saturated rings. The second kappa shape index (κ2) is 6.82. The van der Waals surface area contributed by atoms with E-state index in [1.807, 2.05) is 20.8 Å². The van der Waals surface area contributed by atoms with Gasteiger partial charge in [0, 0.05) is 5.56 Å². The van der Waals surface area contributed by atoms with Crippen LogP contribution in [-0.4, -0.2) is 16.1 Å². The summed E-state index contributed by atoms with van der Waals surface area (Å²) < 4.78 is 5.68. The fourth-order valence-electron chi connectivity index (χ4n) is 1.90. The molecule has 0 saturated carbocycles. The van der Waals surface area contributed by atoms with Crippen LogP contribution in [0.2, 0.25) is 15.1 Å². The van der Waals surface area contributed by atoms with Gasteiger partial charge in [0.05, 0.1) is 32.6 Å². The van der Waals surface area contributed by atoms with Crippen LogP contribution in [0.1, 0.15) is 26.5 Å². The summed E-state index contributed by atoms with van der Waals surface area (Å²) >= 11 is 18.8. The maximum Gasteiger partial charge on any atom is 0.139 e. The lowest BCUT2D eigenvalue weighted by Crippen LogP contribution is -2.06. The molecule has 3 nitrogen and oxygen atoms in total. The molecule has 0 aliphatic heterocycles. The van der Waals surface area contributed by atoms with E-state index in [-0.39, 0.29) is 6.10 Å². The van der Waals surface area contributed by atoms with E-state index >= 15 is 0 Å². The second-order valence-electron chi connectivity index (χ2n) is 4.77. The highest BCUT2D eigenvalue weighted by Crippen LogP contribution is 2.39. The molecule has 2 aromatic rings. The van der Waals surface area contributed by atoms with E-state index in [0.29, 0.717) is 32.1 Å². The first-order valence-corrected chi connectivity index (χ1v) is 7.72. The van der Waals surface area contributed by atoms with Gasteiger partial charge in [-0.25, -0.2) is 9.97 Å². The number of hydrogen-bond donors (Lipinski definition) is 0. The highest BCUT2D eigenvalue weighted by atomic mass is 35.5. The summed E-state index contributed by atoms with van der Waals surface area (Å²) in [7, 11) is 0. The normalized spacial score (nSPS) is 11.0. The number of aryl methyl sites for hydroxylation is 1. The van der Waals surface area contributed by atoms with E-state index in [1.54, 1.807) is 12.1 Å². The van der Waals surface area contributed by atoms with Crippen LogP contribution in [0.3, 0.4) is 0 Å². The zero-order chi connectivity index (χ0) is 15.6. The Morgan fingerprint density at radius 2 is 1.81 bits per heavy atom. The molecule has 0 bridgehead atoms. The smallest absolute Gasteiger partial charge is 0.139 e. The third-order valence-electron chi connectivity index (χ3n) is 2.84. The topological polar surface area (TPSA) is 35.0 Å². The van der Waals surface area contributed by atoms with E-state index in [1.165, 1.54) is 6.33 Å². The molecular weight excluding hydrogens is 331 g/mol. The van der Waals surface area contributed by atoms with Gasteiger partial charge in [0.2, 0.25) is 0 Å². The Morgan fingerprint density at radius 1 is 1.10 bits per heavy atom. The lowest BCUT2D eigenvalue weighted by atomic mass is 10.1. The van der Waals surface area contributed by atoms with E-state index in [9.17, 15) is 0 Å². The maximum atomic E-state index is 6.36. The molecule has 0 atom stereocenters. The molecule has 112 valence electrons. The van der Waals surface area contributed by atoms with Crippen LogP contribution in [-0.2, 0) is 6.42 Å². The van der Waals surface area contributed by atoms with Gasteiger partial charge in [-0.2, -0.15) is 0 Å². The molecule has 6 heteroatoms. The average Bonchev–Trinajstić information content (AvgIpc) is 2.42. The van der Waals surface area contributed by atoms with Crippen molar-refractivity contribution in [2.24, 2.45) is 0 Å². The molecule has 0 N–H and O–H groups in total. The SMILES string of the molecule is CCc1ncnc(-c2cc(OC(C)C)c(Cl)cc2Cl)c1Cl. The zero-order valence-corrected chi connectivity index (χ0v) is 14.2. The first kappa shape index (κ1) is 16.3. The summed E-state index contributed by atoms with van der Waals surface area (Å²) in [5.41, 5.74) is 2.04. The highest BCUT2D eigenvalue weighted by Gasteiger charge is 2.16. The van der Waals surface area contributed by atoms with Gasteiger partial charge < -0.3 is 4.74 Å². The Bertz CT molecular complexity index is 660. The first-order chi connectivity index (χ1) is 9.93. The lowest BCUT2D eigenvalue weighted by molar-refractivity contribution is 0.242. The molecule has 1 heterocycles. The molecule has 0 saturated heterocycles. The number of benzene rings is 1. The zero-order valence-electron chi connectivity index (χ0n) is 12.0. The van der Waals surface area contributed by atoms with Crippen LogP contribution in [0.25, 0.3) is 11.3 Å². The van der Waals surface area contributed by atoms with Crippen molar-refractivity contribution in [3.8, 4) is 17.0 Å². The molecule has 1 aromatic heterocycles. The van der Waals surface area contributed by atoms with Crippen LogP contribution in [0.4, 0.5) is 0 Å². The molecule has 0 aliphatic carbocycles. The average molecular weight is 346 g/mol. The van der Waals surface area contributed by atoms with Gasteiger partial charge in [0.25, 0.3) is 0 Å². The number of ether oxygens (including phenoxy) is 1. The molecule has 21 heavy (non-hydrogen) atoms. The van der Waals surface area contributed by atoms with Gasteiger partial charge in [0.15, 0.2) is 0 Å². The number of hydrogen-bond acceptors (Lipinski definition) is 3. The first-order valence-electron chi connectivity index (χ1n) is 6.59. The predicted molar refractivity (Wildman–Crippen MR) is 87.6 cm³/mol. The van der Waals surface area contributed by atoms with Crippen molar-refractivity contribution in [2.75, 3.05) is 0 Å². The van der Waals surface area contributed by atoms with Crippen LogP contribution in [0.5, 0.6) is 5.75 Å². The fraction of sp³-hybridized carbons (Fsp3) is 0.333. The Kier molecular flexibility index (Phi) is 5.31. The van der Waals surface area contributed by atoms with Gasteiger partial charge in [-0.1, -0.05) is 41.7 Å². The summed E-state index contributed by atoms with van der Waals surface area (Å²) in [6, 6.07) is 3.40. The molecule has 0 aliphatic rings. The van der Waals surface area contributed by atoms with Crippen molar-refractivity contribution in [1.29, 1.82) is 0 Å². The van der Waals surface area contributed by atoms with Crippen molar-refractivity contribution >= 4 is 34.8 Å². The molecular formula is C15H15Cl3N2O. The fourth-order valence-corrected chi connectivity index (χ4v) is 2.75. The minimum Gasteiger partial charge on any atom is -0.489 e. The molecule has 0 spiro atoms. The highest BCUT2D eigenvalue weighted by molar-refractivity contribution is 6.38. The molecule has 0 radical (unpaired) electrons. The van der Waals surface area contributed by atoms with Crippen LogP contribution < -0.4 is 4.74 Å². The van der Waals surface area contributed by atoms with Gasteiger partial charge in [-0.15, -0.1) is 0 Å². The van der Waals surface area contributed by atoms with Gasteiger partial charge in [-0.3, -0.25) is 0 Å². The Labute approximate surface area is 139 Å². The van der Waals surface area contributed by atoms with E-state index in [0.717, 1.165) is 12.1 Å². The van der Waals surface area contributed by atoms with Crippen molar-refractivity contribution < 1.29 is 4.74 Å². The van der Waals surface area contributed by atoms with E-state index in [2.05, 4.69) is 9.97 Å². The summed E-state index contributed by atoms with van der Waals surface area (Å²) in [6.45, 7) is 5.84. The van der Waals surface area contributed by atoms with Crippen LogP contribution in [0.15, 0.2) is 18.5 Å². The predicted octanol–water partition coefficient (Wildman–Crippen LogP) is 5.45. The Morgan fingerprint density at radius 3 is 2.43 bits per heavy atom. The van der Waals surface area contributed by atoms with Gasteiger partial charge in [-0.05, 0) is 32.4 Å². The Balaban J connectivity index is 2.58. The van der Waals surface area contributed by atoms with Crippen LogP contribution >= 0.6 is 34.8 Å². The third-order valence-corrected chi connectivity index (χ3v) is 3.84. The second-order valence-corrected chi connectivity index (χ2v) is 5.96. The van der Waals surface area contributed by atoms with Crippen molar-refractivity contribution in [3.05, 3.63) is 39.2 Å². The summed E-state index contributed by atoms with van der Waals surface area (Å²) in [6.07, 6.45) is 2.20. The van der Waals surface area contributed by atoms with Crippen molar-refractivity contribution in [1.82, 2.24) is 9.97 Å². The summed E-state index contributed by atoms with van der Waals surface area (Å²) in [5.74, 6) is 0.554. The van der Waals surface area contributed by atoms with Crippen LogP contribution in [0, 0.1) is 0 Å². The third kappa shape index (κ3) is 3.60. The summed E-state index contributed by atoms with van der Waals surface area (Å²) in [4.78, 5) is 8.40. The minimum atomic E-state index is 0.00333. The Hall–Kier alpha value is -1.03. The monoisotopic (exact) mass is 344 g/mol. The van der Waals surface area contributed by atoms with E-state index in [4.69, 9.17) is 39.5 Å². The van der Waals surface area contributed by atoms with Crippen molar-refractivity contribution in [3.63, 3.8) is 0 Å². The summed E-state index contributed by atoms with van der Waals surface area (Å²) in [5, 5.41) is 1.43. The maximum absolute atomic E-state index is 6.36. The number of aromatic nitrogens is 2. The molecule has 0 amide bonds. The van der Waals surface area contributed by atoms with Gasteiger partial charge >= 0.3 is 0 Å². The van der Waals surface area contributed by atoms with E-state index < -0.39 is 0 Å². The molecule has 0 unspecified atom stereocenters.